The molecule has 0 aromatic heterocycles. The summed E-state index contributed by atoms with van der Waals surface area (Å²) in [5.41, 5.74) is 6.07. The van der Waals surface area contributed by atoms with Gasteiger partial charge in [-0.3, -0.25) is 11.3 Å². The van der Waals surface area contributed by atoms with Crippen molar-refractivity contribution in [3.8, 4) is 0 Å². The van der Waals surface area contributed by atoms with Crippen molar-refractivity contribution in [2.45, 2.75) is 37.1 Å². The maximum atomic E-state index is 5.93. The van der Waals surface area contributed by atoms with Gasteiger partial charge in [-0.05, 0) is 65.1 Å². The van der Waals surface area contributed by atoms with Crippen LogP contribution in [0.4, 0.5) is 0 Å². The number of hydrogen-bond donors (Lipinski definition) is 2. The fourth-order valence-corrected chi connectivity index (χ4v) is 3.80. The van der Waals surface area contributed by atoms with Gasteiger partial charge in [-0.15, -0.1) is 0 Å². The van der Waals surface area contributed by atoms with E-state index in [9.17, 15) is 0 Å². The topological polar surface area (TPSA) is 38.0 Å². The molecule has 1 atom stereocenters. The fraction of sp³-hybridized carbons (Fsp3) is 0.333. The zero-order valence-corrected chi connectivity index (χ0v) is 14.2. The van der Waals surface area contributed by atoms with E-state index in [0.717, 1.165) is 6.42 Å². The molecule has 0 bridgehead atoms. The highest BCUT2D eigenvalue weighted by Crippen LogP contribution is 2.47. The summed E-state index contributed by atoms with van der Waals surface area (Å²) in [6.07, 6.45) is 4.70. The maximum absolute atomic E-state index is 5.93. The average molecular weight is 392 g/mol. The van der Waals surface area contributed by atoms with Gasteiger partial charge in [0.05, 0.1) is 0 Å². The molecule has 3 N–H and O–H groups in total. The van der Waals surface area contributed by atoms with Crippen LogP contribution in [-0.4, -0.2) is 6.04 Å². The summed E-state index contributed by atoms with van der Waals surface area (Å²) in [6, 6.07) is 19.9. The number of nitrogens with two attached hydrogens (primary N) is 1. The predicted molar refractivity (Wildman–Crippen MR) is 95.9 cm³/mol. The second-order valence-corrected chi connectivity index (χ2v) is 7.17. The second kappa shape index (κ2) is 6.46. The number of nitrogens with one attached hydrogen (secondary N) is 1. The Morgan fingerprint density at radius 2 is 1.71 bits per heavy atom. The minimum Gasteiger partial charge on any atom is -0.271 e. The molecule has 1 aliphatic rings. The minimum atomic E-state index is 0.193. The Hall–Kier alpha value is -0.910. The molecule has 3 rings (SSSR count). The SMILES string of the molecule is NNC(Cc1ccc(I)cc1)C1(c2ccccc2)CCC1. The van der Waals surface area contributed by atoms with Crippen molar-refractivity contribution in [1.82, 2.24) is 5.43 Å². The van der Waals surface area contributed by atoms with Crippen molar-refractivity contribution >= 4 is 22.6 Å². The van der Waals surface area contributed by atoms with Gasteiger partial charge >= 0.3 is 0 Å². The van der Waals surface area contributed by atoms with Crippen LogP contribution in [0.1, 0.15) is 30.4 Å². The van der Waals surface area contributed by atoms with Crippen molar-refractivity contribution < 1.29 is 0 Å². The van der Waals surface area contributed by atoms with Crippen molar-refractivity contribution in [2.75, 3.05) is 0 Å². The number of benzene rings is 2. The smallest absolute Gasteiger partial charge is 0.0347 e. The van der Waals surface area contributed by atoms with E-state index in [1.54, 1.807) is 0 Å². The first kappa shape index (κ1) is 15.0. The molecule has 0 radical (unpaired) electrons. The van der Waals surface area contributed by atoms with Gasteiger partial charge in [0.1, 0.15) is 0 Å². The highest BCUT2D eigenvalue weighted by Gasteiger charge is 2.44. The Kier molecular flexibility index (Phi) is 4.62. The van der Waals surface area contributed by atoms with E-state index in [-0.39, 0.29) is 11.5 Å². The van der Waals surface area contributed by atoms with E-state index in [0.29, 0.717) is 0 Å². The van der Waals surface area contributed by atoms with Crippen LogP contribution in [0.3, 0.4) is 0 Å². The average Bonchev–Trinajstić information content (AvgIpc) is 2.48. The van der Waals surface area contributed by atoms with Crippen LogP contribution < -0.4 is 11.3 Å². The molecule has 21 heavy (non-hydrogen) atoms. The van der Waals surface area contributed by atoms with Gasteiger partial charge in [0.15, 0.2) is 0 Å². The van der Waals surface area contributed by atoms with Gasteiger partial charge in [-0.1, -0.05) is 48.9 Å². The van der Waals surface area contributed by atoms with Crippen molar-refractivity contribution in [1.29, 1.82) is 0 Å². The van der Waals surface area contributed by atoms with Crippen LogP contribution in [0.5, 0.6) is 0 Å². The van der Waals surface area contributed by atoms with Crippen LogP contribution in [0, 0.1) is 3.57 Å². The van der Waals surface area contributed by atoms with Crippen molar-refractivity contribution in [3.63, 3.8) is 0 Å². The van der Waals surface area contributed by atoms with Crippen LogP contribution in [0.2, 0.25) is 0 Å². The van der Waals surface area contributed by atoms with E-state index in [1.807, 2.05) is 0 Å². The highest BCUT2D eigenvalue weighted by molar-refractivity contribution is 14.1. The van der Waals surface area contributed by atoms with E-state index < -0.39 is 0 Å². The van der Waals surface area contributed by atoms with Gasteiger partial charge < -0.3 is 0 Å². The minimum absolute atomic E-state index is 0.193. The van der Waals surface area contributed by atoms with Crippen molar-refractivity contribution in [2.24, 2.45) is 5.84 Å². The molecule has 1 saturated carbocycles. The molecular weight excluding hydrogens is 371 g/mol. The standard InChI is InChI=1S/C18H21IN2/c19-16-9-7-14(8-10-16)13-17(21-20)18(11-4-12-18)15-5-2-1-3-6-15/h1-3,5-10,17,21H,4,11-13,20H2. The Balaban J connectivity index is 1.85. The van der Waals surface area contributed by atoms with Gasteiger partial charge in [0.25, 0.3) is 0 Å². The lowest BCUT2D eigenvalue weighted by Gasteiger charge is -2.48. The first-order chi connectivity index (χ1) is 10.2. The number of hydrogen-bond acceptors (Lipinski definition) is 2. The third-order valence-corrected chi connectivity index (χ3v) is 5.53. The Morgan fingerprint density at radius 3 is 2.24 bits per heavy atom. The number of rotatable bonds is 5. The van der Waals surface area contributed by atoms with Crippen LogP contribution in [0.15, 0.2) is 54.6 Å². The predicted octanol–water partition coefficient (Wildman–Crippen LogP) is 3.79. The summed E-state index contributed by atoms with van der Waals surface area (Å²) in [4.78, 5) is 0. The monoisotopic (exact) mass is 392 g/mol. The van der Waals surface area contributed by atoms with Gasteiger partial charge in [0.2, 0.25) is 0 Å². The molecule has 0 aliphatic heterocycles. The largest absolute Gasteiger partial charge is 0.271 e. The van der Waals surface area contributed by atoms with Crippen LogP contribution in [-0.2, 0) is 11.8 Å². The zero-order valence-electron chi connectivity index (χ0n) is 12.1. The summed E-state index contributed by atoms with van der Waals surface area (Å²) in [5, 5.41) is 0. The van der Waals surface area contributed by atoms with Crippen molar-refractivity contribution in [3.05, 3.63) is 69.3 Å². The van der Waals surface area contributed by atoms with E-state index in [1.165, 1.54) is 34.0 Å². The van der Waals surface area contributed by atoms with E-state index in [2.05, 4.69) is 82.6 Å². The third-order valence-electron chi connectivity index (χ3n) is 4.82. The molecule has 2 nitrogen and oxygen atoms in total. The lowest BCUT2D eigenvalue weighted by atomic mass is 9.59. The second-order valence-electron chi connectivity index (χ2n) is 5.93. The Bertz CT molecular complexity index is 576. The summed E-state index contributed by atoms with van der Waals surface area (Å²) >= 11 is 2.34. The zero-order chi connectivity index (χ0) is 14.7. The lowest BCUT2D eigenvalue weighted by Crippen LogP contribution is -2.56. The van der Waals surface area contributed by atoms with E-state index in [4.69, 9.17) is 5.84 Å². The first-order valence-corrected chi connectivity index (χ1v) is 8.58. The van der Waals surface area contributed by atoms with Gasteiger partial charge in [0, 0.05) is 15.0 Å². The van der Waals surface area contributed by atoms with Crippen LogP contribution >= 0.6 is 22.6 Å². The molecule has 0 saturated heterocycles. The molecule has 3 heteroatoms. The normalized spacial score (nSPS) is 18.0. The summed E-state index contributed by atoms with van der Waals surface area (Å²) in [6.45, 7) is 0. The molecule has 0 spiro atoms. The molecule has 1 unspecified atom stereocenters. The van der Waals surface area contributed by atoms with E-state index >= 15 is 0 Å². The number of hydrazine groups is 1. The molecule has 0 amide bonds. The summed E-state index contributed by atoms with van der Waals surface area (Å²) in [5.74, 6) is 5.93. The molecule has 110 valence electrons. The third kappa shape index (κ3) is 3.00. The fourth-order valence-electron chi connectivity index (χ4n) is 3.44. The number of halogens is 1. The van der Waals surface area contributed by atoms with Gasteiger partial charge in [-0.2, -0.15) is 0 Å². The molecule has 2 aromatic rings. The van der Waals surface area contributed by atoms with Crippen LogP contribution in [0.25, 0.3) is 0 Å². The Morgan fingerprint density at radius 1 is 1.05 bits per heavy atom. The molecule has 1 aliphatic carbocycles. The Labute approximate surface area is 140 Å². The first-order valence-electron chi connectivity index (χ1n) is 7.51. The summed E-state index contributed by atoms with van der Waals surface area (Å²) < 4.78 is 1.27. The lowest BCUT2D eigenvalue weighted by molar-refractivity contribution is 0.168. The molecular formula is C18H21IN2. The molecule has 0 heterocycles. The maximum Gasteiger partial charge on any atom is 0.0347 e. The highest BCUT2D eigenvalue weighted by atomic mass is 127. The summed E-state index contributed by atoms with van der Waals surface area (Å²) in [7, 11) is 0. The molecule has 2 aromatic carbocycles. The molecule has 1 fully saturated rings. The van der Waals surface area contributed by atoms with Gasteiger partial charge in [-0.25, -0.2) is 0 Å². The quantitative estimate of drug-likeness (QED) is 0.462.